The number of ether oxygens (including phenoxy) is 1. The third kappa shape index (κ3) is 3.36. The molecule has 1 saturated carbocycles. The molecule has 0 amide bonds. The van der Waals surface area contributed by atoms with Gasteiger partial charge in [0.15, 0.2) is 0 Å². The van der Waals surface area contributed by atoms with Crippen LogP contribution in [0.25, 0.3) is 0 Å². The number of hydrogen-bond donors (Lipinski definition) is 2. The van der Waals surface area contributed by atoms with Gasteiger partial charge in [-0.25, -0.2) is 8.78 Å². The third-order valence-corrected chi connectivity index (χ3v) is 3.02. The zero-order valence-electron chi connectivity index (χ0n) is 9.01. The molecule has 1 aliphatic rings. The van der Waals surface area contributed by atoms with Gasteiger partial charge >= 0.3 is 0 Å². The van der Waals surface area contributed by atoms with Gasteiger partial charge in [0.05, 0.1) is 5.60 Å². The first kappa shape index (κ1) is 12.8. The van der Waals surface area contributed by atoms with Crippen molar-refractivity contribution in [2.24, 2.45) is 5.73 Å². The topological polar surface area (TPSA) is 55.5 Å². The maximum Gasteiger partial charge on any atom is 0.249 e. The highest BCUT2D eigenvalue weighted by Crippen LogP contribution is 2.39. The molecular formula is C10H19F2NO2. The molecule has 0 radical (unpaired) electrons. The summed E-state index contributed by atoms with van der Waals surface area (Å²) in [6.45, 7) is 2.77. The molecule has 1 fully saturated rings. The second-order valence-corrected chi connectivity index (χ2v) is 4.22. The summed E-state index contributed by atoms with van der Waals surface area (Å²) in [5.74, 6) is -2.72. The van der Waals surface area contributed by atoms with E-state index in [-0.39, 0.29) is 12.8 Å². The van der Waals surface area contributed by atoms with Crippen molar-refractivity contribution in [3.63, 3.8) is 0 Å². The summed E-state index contributed by atoms with van der Waals surface area (Å²) in [5, 5.41) is 10.1. The van der Waals surface area contributed by atoms with Crippen LogP contribution in [0.15, 0.2) is 0 Å². The predicted molar refractivity (Wildman–Crippen MR) is 52.8 cm³/mol. The average molecular weight is 223 g/mol. The SMILES string of the molecule is CCOCCC1(O)CCC(F)(F)CC1N. The number of aliphatic hydroxyl groups is 1. The van der Waals surface area contributed by atoms with Crippen molar-refractivity contribution in [3.05, 3.63) is 0 Å². The van der Waals surface area contributed by atoms with Crippen molar-refractivity contribution in [1.82, 2.24) is 0 Å². The number of rotatable bonds is 4. The van der Waals surface area contributed by atoms with Crippen LogP contribution in [0.1, 0.15) is 32.6 Å². The van der Waals surface area contributed by atoms with Crippen LogP contribution in [0.4, 0.5) is 8.78 Å². The molecule has 0 saturated heterocycles. The molecule has 3 nitrogen and oxygen atoms in total. The van der Waals surface area contributed by atoms with E-state index in [1.807, 2.05) is 6.92 Å². The van der Waals surface area contributed by atoms with E-state index in [1.54, 1.807) is 0 Å². The molecule has 0 aromatic carbocycles. The number of halogens is 2. The largest absolute Gasteiger partial charge is 0.388 e. The van der Waals surface area contributed by atoms with Gasteiger partial charge in [0, 0.05) is 38.5 Å². The summed E-state index contributed by atoms with van der Waals surface area (Å²) in [7, 11) is 0. The van der Waals surface area contributed by atoms with E-state index in [2.05, 4.69) is 0 Å². The van der Waals surface area contributed by atoms with Gasteiger partial charge in [-0.1, -0.05) is 0 Å². The van der Waals surface area contributed by atoms with Gasteiger partial charge in [0.1, 0.15) is 0 Å². The van der Waals surface area contributed by atoms with Gasteiger partial charge in [0.25, 0.3) is 0 Å². The van der Waals surface area contributed by atoms with E-state index in [9.17, 15) is 13.9 Å². The fourth-order valence-corrected chi connectivity index (χ4v) is 1.90. The van der Waals surface area contributed by atoms with E-state index >= 15 is 0 Å². The normalized spacial score (nSPS) is 35.4. The van der Waals surface area contributed by atoms with Crippen molar-refractivity contribution in [3.8, 4) is 0 Å². The quantitative estimate of drug-likeness (QED) is 0.706. The van der Waals surface area contributed by atoms with Crippen LogP contribution in [0.2, 0.25) is 0 Å². The van der Waals surface area contributed by atoms with E-state index in [0.29, 0.717) is 19.6 Å². The fourth-order valence-electron chi connectivity index (χ4n) is 1.90. The molecular weight excluding hydrogens is 204 g/mol. The Bertz CT molecular complexity index is 214. The van der Waals surface area contributed by atoms with Gasteiger partial charge < -0.3 is 15.6 Å². The summed E-state index contributed by atoms with van der Waals surface area (Å²) >= 11 is 0. The molecule has 0 bridgehead atoms. The molecule has 90 valence electrons. The van der Waals surface area contributed by atoms with Crippen molar-refractivity contribution >= 4 is 0 Å². The Labute approximate surface area is 88.6 Å². The minimum Gasteiger partial charge on any atom is -0.388 e. The van der Waals surface area contributed by atoms with Gasteiger partial charge in [0.2, 0.25) is 5.92 Å². The number of hydrogen-bond acceptors (Lipinski definition) is 3. The zero-order chi connectivity index (χ0) is 11.5. The molecule has 0 aliphatic heterocycles. The second-order valence-electron chi connectivity index (χ2n) is 4.22. The molecule has 1 rings (SSSR count). The molecule has 0 aromatic heterocycles. The number of alkyl halides is 2. The van der Waals surface area contributed by atoms with E-state index in [1.165, 1.54) is 0 Å². The van der Waals surface area contributed by atoms with Crippen molar-refractivity contribution in [2.45, 2.75) is 50.2 Å². The van der Waals surface area contributed by atoms with Crippen LogP contribution in [-0.4, -0.2) is 35.9 Å². The summed E-state index contributed by atoms with van der Waals surface area (Å²) in [4.78, 5) is 0. The molecule has 0 aromatic rings. The highest BCUT2D eigenvalue weighted by Gasteiger charge is 2.47. The predicted octanol–water partition coefficient (Wildman–Crippen LogP) is 1.29. The summed E-state index contributed by atoms with van der Waals surface area (Å²) in [5.41, 5.74) is 4.40. The van der Waals surface area contributed by atoms with Gasteiger partial charge in [-0.05, 0) is 13.3 Å². The minimum absolute atomic E-state index is 0.0498. The molecule has 1 aliphatic carbocycles. The first-order valence-electron chi connectivity index (χ1n) is 5.33. The molecule has 5 heteroatoms. The lowest BCUT2D eigenvalue weighted by atomic mass is 9.77. The Morgan fingerprint density at radius 1 is 1.47 bits per heavy atom. The van der Waals surface area contributed by atoms with Crippen LogP contribution in [0, 0.1) is 0 Å². The van der Waals surface area contributed by atoms with E-state index in [4.69, 9.17) is 10.5 Å². The first-order chi connectivity index (χ1) is 6.90. The minimum atomic E-state index is -2.72. The number of nitrogens with two attached hydrogens (primary N) is 1. The maximum atomic E-state index is 13.0. The summed E-state index contributed by atoms with van der Waals surface area (Å²) < 4.78 is 31.0. The van der Waals surface area contributed by atoms with Crippen LogP contribution in [0.3, 0.4) is 0 Å². The molecule has 0 spiro atoms. The summed E-state index contributed by atoms with van der Waals surface area (Å²) in [6, 6.07) is -0.860. The zero-order valence-corrected chi connectivity index (χ0v) is 9.01. The lowest BCUT2D eigenvalue weighted by molar-refractivity contribution is -0.123. The van der Waals surface area contributed by atoms with E-state index in [0.717, 1.165) is 0 Å². The molecule has 2 atom stereocenters. The Morgan fingerprint density at radius 2 is 2.13 bits per heavy atom. The molecule has 3 N–H and O–H groups in total. The first-order valence-corrected chi connectivity index (χ1v) is 5.33. The van der Waals surface area contributed by atoms with Gasteiger partial charge in [-0.2, -0.15) is 0 Å². The second kappa shape index (κ2) is 4.72. The standard InChI is InChI=1S/C10H19F2NO2/c1-2-15-6-5-9(14)3-4-10(11,12)7-8(9)13/h8,14H,2-7,13H2,1H3. The Kier molecular flexibility index (Phi) is 4.03. The van der Waals surface area contributed by atoms with Crippen LogP contribution in [-0.2, 0) is 4.74 Å². The average Bonchev–Trinajstić information content (AvgIpc) is 2.13. The Morgan fingerprint density at radius 3 is 2.67 bits per heavy atom. The van der Waals surface area contributed by atoms with Crippen molar-refractivity contribution in [1.29, 1.82) is 0 Å². The smallest absolute Gasteiger partial charge is 0.249 e. The van der Waals surface area contributed by atoms with Crippen molar-refractivity contribution in [2.75, 3.05) is 13.2 Å². The van der Waals surface area contributed by atoms with Crippen LogP contribution < -0.4 is 5.73 Å². The van der Waals surface area contributed by atoms with Gasteiger partial charge in [-0.3, -0.25) is 0 Å². The Hall–Kier alpha value is -0.260. The fraction of sp³-hybridized carbons (Fsp3) is 1.00. The molecule has 15 heavy (non-hydrogen) atoms. The maximum absolute atomic E-state index is 13.0. The lowest BCUT2D eigenvalue weighted by Crippen LogP contribution is -2.55. The van der Waals surface area contributed by atoms with Crippen molar-refractivity contribution < 1.29 is 18.6 Å². The molecule has 2 unspecified atom stereocenters. The molecule has 0 heterocycles. The monoisotopic (exact) mass is 223 g/mol. The highest BCUT2D eigenvalue weighted by molar-refractivity contribution is 4.98. The lowest BCUT2D eigenvalue weighted by Gasteiger charge is -2.41. The third-order valence-electron chi connectivity index (χ3n) is 3.02. The van der Waals surface area contributed by atoms with Crippen LogP contribution >= 0.6 is 0 Å². The Balaban J connectivity index is 2.47. The van der Waals surface area contributed by atoms with Crippen LogP contribution in [0.5, 0.6) is 0 Å². The van der Waals surface area contributed by atoms with Gasteiger partial charge in [-0.15, -0.1) is 0 Å². The van der Waals surface area contributed by atoms with E-state index < -0.39 is 24.0 Å². The summed E-state index contributed by atoms with van der Waals surface area (Å²) in [6.07, 6.45) is -0.342. The highest BCUT2D eigenvalue weighted by atomic mass is 19.3.